The molecule has 3 aromatic carbocycles. The summed E-state index contributed by atoms with van der Waals surface area (Å²) >= 11 is 5.74. The molecular formula is C32H36N4O4S. The Morgan fingerprint density at radius 3 is 2.49 bits per heavy atom. The monoisotopic (exact) mass is 572 g/mol. The zero-order chi connectivity index (χ0) is 28.3. The number of ether oxygens (including phenoxy) is 3. The quantitative estimate of drug-likeness (QED) is 0.372. The van der Waals surface area contributed by atoms with E-state index in [1.807, 2.05) is 53.4 Å². The molecule has 9 heteroatoms. The summed E-state index contributed by atoms with van der Waals surface area (Å²) in [5.74, 6) is 1.92. The second kappa shape index (κ2) is 11.9. The van der Waals surface area contributed by atoms with Gasteiger partial charge in [0.25, 0.3) is 0 Å². The maximum absolute atomic E-state index is 13.0. The van der Waals surface area contributed by atoms with Gasteiger partial charge in [-0.1, -0.05) is 36.4 Å². The lowest BCUT2D eigenvalue weighted by atomic mass is 9.95. The van der Waals surface area contributed by atoms with E-state index in [0.29, 0.717) is 23.4 Å². The smallest absolute Gasteiger partial charge is 0.410 e. The second-order valence-corrected chi connectivity index (χ2v) is 11.1. The van der Waals surface area contributed by atoms with Gasteiger partial charge >= 0.3 is 6.09 Å². The third kappa shape index (κ3) is 5.63. The predicted octanol–water partition coefficient (Wildman–Crippen LogP) is 5.79. The molecule has 6 rings (SSSR count). The number of carbonyl (C=O) groups is 1. The molecule has 0 radical (unpaired) electrons. The third-order valence-electron chi connectivity index (χ3n) is 8.49. The van der Waals surface area contributed by atoms with Crippen molar-refractivity contribution in [3.05, 3.63) is 83.4 Å². The van der Waals surface area contributed by atoms with Crippen LogP contribution in [0.5, 0.6) is 11.5 Å². The lowest BCUT2D eigenvalue weighted by Crippen LogP contribution is -2.50. The number of likely N-dealkylation sites (tertiary alicyclic amines) is 1. The van der Waals surface area contributed by atoms with Gasteiger partial charge in [-0.25, -0.2) is 4.79 Å². The summed E-state index contributed by atoms with van der Waals surface area (Å²) in [5, 5.41) is 4.03. The van der Waals surface area contributed by atoms with Gasteiger partial charge in [0.15, 0.2) is 5.11 Å². The Kier molecular flexibility index (Phi) is 7.87. The van der Waals surface area contributed by atoms with Crippen LogP contribution in [0.2, 0.25) is 0 Å². The Balaban J connectivity index is 1.06. The first-order valence-electron chi connectivity index (χ1n) is 14.2. The Hall–Kier alpha value is -3.98. The van der Waals surface area contributed by atoms with Crippen molar-refractivity contribution in [3.63, 3.8) is 0 Å². The van der Waals surface area contributed by atoms with Crippen LogP contribution in [0.3, 0.4) is 0 Å². The molecular weight excluding hydrogens is 536 g/mol. The zero-order valence-electron chi connectivity index (χ0n) is 23.5. The standard InChI is InChI=1S/C32H36N4O4S/c1-38-25-9-11-28(30(20-25)39-2)33-31(41)35-16-14-34(15-17-35)24-8-10-26-27(19-24)23-12-13-36(29(26)18-23)32(37)40-21-22-6-4-3-5-7-22/h3-11,19-20,23,29H,12-18,21H2,1-2H3,(H,33,41)/t23-,29-/m1/s1. The maximum Gasteiger partial charge on any atom is 0.410 e. The van der Waals surface area contributed by atoms with Crippen LogP contribution in [-0.2, 0) is 11.3 Å². The minimum atomic E-state index is -0.220. The SMILES string of the molecule is COc1ccc(NC(=S)N2CCN(c3ccc4c(c3)[C@@H]3CCN(C(=O)OCc5ccccc5)[C@@H]4C3)CC2)c(OC)c1. The lowest BCUT2D eigenvalue weighted by Gasteiger charge is -2.37. The van der Waals surface area contributed by atoms with Gasteiger partial charge in [0, 0.05) is 44.5 Å². The van der Waals surface area contributed by atoms with Crippen molar-refractivity contribution in [1.29, 1.82) is 0 Å². The number of benzene rings is 3. The van der Waals surface area contributed by atoms with Crippen LogP contribution in [0.1, 0.15) is 41.5 Å². The molecule has 1 N–H and O–H groups in total. The molecule has 2 fully saturated rings. The van der Waals surface area contributed by atoms with Crippen LogP contribution in [0.25, 0.3) is 0 Å². The molecule has 1 aliphatic carbocycles. The molecule has 214 valence electrons. The van der Waals surface area contributed by atoms with Crippen molar-refractivity contribution in [2.75, 3.05) is 57.2 Å². The van der Waals surface area contributed by atoms with E-state index in [-0.39, 0.29) is 12.1 Å². The van der Waals surface area contributed by atoms with Gasteiger partial charge in [-0.3, -0.25) is 0 Å². The Labute approximate surface area is 246 Å². The number of piperazine rings is 1. The van der Waals surface area contributed by atoms with Gasteiger partial charge in [-0.2, -0.15) is 0 Å². The van der Waals surface area contributed by atoms with Crippen LogP contribution in [0.4, 0.5) is 16.2 Å². The average molecular weight is 573 g/mol. The fourth-order valence-corrected chi connectivity index (χ4v) is 6.54. The molecule has 8 nitrogen and oxygen atoms in total. The molecule has 0 spiro atoms. The Bertz CT molecular complexity index is 1410. The largest absolute Gasteiger partial charge is 0.497 e. The molecule has 2 aliphatic heterocycles. The second-order valence-electron chi connectivity index (χ2n) is 10.8. The van der Waals surface area contributed by atoms with Crippen molar-refractivity contribution in [1.82, 2.24) is 9.80 Å². The number of nitrogens with zero attached hydrogens (tertiary/aromatic N) is 3. The van der Waals surface area contributed by atoms with E-state index in [0.717, 1.165) is 62.6 Å². The molecule has 3 aromatic rings. The van der Waals surface area contributed by atoms with Crippen LogP contribution >= 0.6 is 12.2 Å². The minimum Gasteiger partial charge on any atom is -0.497 e. The third-order valence-corrected chi connectivity index (χ3v) is 8.85. The summed E-state index contributed by atoms with van der Waals surface area (Å²) in [6, 6.07) is 22.4. The number of nitrogens with one attached hydrogen (secondary N) is 1. The molecule has 41 heavy (non-hydrogen) atoms. The van der Waals surface area contributed by atoms with E-state index in [9.17, 15) is 4.79 Å². The number of hydrogen-bond acceptors (Lipinski definition) is 6. The van der Waals surface area contributed by atoms with E-state index in [1.165, 1.54) is 16.8 Å². The van der Waals surface area contributed by atoms with Crippen molar-refractivity contribution >= 4 is 34.8 Å². The van der Waals surface area contributed by atoms with Crippen LogP contribution in [-0.4, -0.2) is 67.9 Å². The van der Waals surface area contributed by atoms with Gasteiger partial charge < -0.3 is 34.2 Å². The summed E-state index contributed by atoms with van der Waals surface area (Å²) in [7, 11) is 3.28. The fourth-order valence-electron chi connectivity index (χ4n) is 6.24. The van der Waals surface area contributed by atoms with Gasteiger partial charge in [0.1, 0.15) is 18.1 Å². The summed E-state index contributed by atoms with van der Waals surface area (Å²) < 4.78 is 16.5. The predicted molar refractivity (Wildman–Crippen MR) is 164 cm³/mol. The number of amides is 1. The topological polar surface area (TPSA) is 66.5 Å². The van der Waals surface area contributed by atoms with Gasteiger partial charge in [0.05, 0.1) is 25.9 Å². The fraction of sp³-hybridized carbons (Fsp3) is 0.375. The van der Waals surface area contributed by atoms with Crippen LogP contribution in [0, 0.1) is 0 Å². The first-order valence-corrected chi connectivity index (χ1v) is 14.6. The summed E-state index contributed by atoms with van der Waals surface area (Å²) in [5.41, 5.74) is 5.72. The van der Waals surface area contributed by atoms with Crippen molar-refractivity contribution in [3.8, 4) is 11.5 Å². The highest BCUT2D eigenvalue weighted by Gasteiger charge is 2.41. The number of piperidine rings is 1. The Morgan fingerprint density at radius 2 is 1.73 bits per heavy atom. The molecule has 2 bridgehead atoms. The number of anilines is 2. The first-order chi connectivity index (χ1) is 20.0. The molecule has 2 heterocycles. The summed E-state index contributed by atoms with van der Waals surface area (Å²) in [4.78, 5) is 19.6. The zero-order valence-corrected chi connectivity index (χ0v) is 24.4. The number of rotatable bonds is 6. The highest BCUT2D eigenvalue weighted by Crippen LogP contribution is 2.50. The average Bonchev–Trinajstić information content (AvgIpc) is 3.31. The highest BCUT2D eigenvalue weighted by atomic mass is 32.1. The number of hydrogen-bond donors (Lipinski definition) is 1. The normalized spacial score (nSPS) is 19.4. The summed E-state index contributed by atoms with van der Waals surface area (Å²) in [6.45, 7) is 4.45. The number of methoxy groups -OCH3 is 2. The molecule has 0 saturated carbocycles. The molecule has 3 aliphatic rings. The molecule has 1 amide bonds. The van der Waals surface area contributed by atoms with Gasteiger partial charge in [-0.15, -0.1) is 0 Å². The van der Waals surface area contributed by atoms with E-state index >= 15 is 0 Å². The molecule has 2 atom stereocenters. The summed E-state index contributed by atoms with van der Waals surface area (Å²) in [6.07, 6.45) is 1.72. The highest BCUT2D eigenvalue weighted by molar-refractivity contribution is 7.80. The van der Waals surface area contributed by atoms with Gasteiger partial charge in [0.2, 0.25) is 0 Å². The van der Waals surface area contributed by atoms with Crippen molar-refractivity contribution in [2.45, 2.75) is 31.4 Å². The molecule has 2 saturated heterocycles. The Morgan fingerprint density at radius 1 is 0.927 bits per heavy atom. The van der Waals surface area contributed by atoms with Crippen molar-refractivity contribution < 1.29 is 19.0 Å². The first kappa shape index (κ1) is 27.2. The van der Waals surface area contributed by atoms with E-state index in [2.05, 4.69) is 33.3 Å². The molecule has 0 aromatic heterocycles. The lowest BCUT2D eigenvalue weighted by molar-refractivity contribution is 0.0694. The van der Waals surface area contributed by atoms with Crippen LogP contribution in [0.15, 0.2) is 66.7 Å². The minimum absolute atomic E-state index is 0.0938. The van der Waals surface area contributed by atoms with Crippen LogP contribution < -0.4 is 19.7 Å². The van der Waals surface area contributed by atoms with Crippen molar-refractivity contribution in [2.24, 2.45) is 0 Å². The number of thiocarbonyl (C=S) groups is 1. The van der Waals surface area contributed by atoms with E-state index < -0.39 is 0 Å². The van der Waals surface area contributed by atoms with E-state index in [1.54, 1.807) is 14.2 Å². The number of carbonyl (C=O) groups excluding carboxylic acids is 1. The number of fused-ring (bicyclic) bond motifs is 5. The maximum atomic E-state index is 13.0. The molecule has 0 unspecified atom stereocenters. The van der Waals surface area contributed by atoms with Gasteiger partial charge in [-0.05, 0) is 71.9 Å². The van der Waals surface area contributed by atoms with E-state index in [4.69, 9.17) is 26.4 Å².